The maximum Gasteiger partial charge on any atom is 0.248 e. The summed E-state index contributed by atoms with van der Waals surface area (Å²) in [5, 5.41) is 10.4. The van der Waals surface area contributed by atoms with Crippen molar-refractivity contribution in [2.24, 2.45) is 5.92 Å². The molecule has 152 valence electrons. The number of nitrogens with one attached hydrogen (secondary N) is 2. The van der Waals surface area contributed by atoms with Gasteiger partial charge in [-0.25, -0.2) is 4.99 Å². The number of hydrogen-bond donors (Lipinski definition) is 3. The Kier molecular flexibility index (Phi) is 5.99. The van der Waals surface area contributed by atoms with Gasteiger partial charge in [0, 0.05) is 30.2 Å². The van der Waals surface area contributed by atoms with E-state index in [1.54, 1.807) is 19.2 Å². The second-order valence-corrected chi connectivity index (χ2v) is 7.57. The standard InChI is InChI=1S/C23H24N2O3.ClH/c1-3-5-15-10-16-11-19-18(8-9-21(26)25-19)23(12-15,13-16)24-14-17-6-4-7-20(28-2)22(17)27;/h3-10,14,16,27H,11-13H2,1-2H3,(H,25,26);1H/t16-,23+;/m1./s1. The number of fused-ring (bicyclic) bond motifs is 4. The zero-order valence-electron chi connectivity index (χ0n) is 16.5. The van der Waals surface area contributed by atoms with Crippen LogP contribution in [0.3, 0.4) is 0 Å². The predicted octanol–water partition coefficient (Wildman–Crippen LogP) is -1.04. The molecule has 2 aliphatic rings. The summed E-state index contributed by atoms with van der Waals surface area (Å²) in [6.45, 7) is 2.02. The highest BCUT2D eigenvalue weighted by atomic mass is 35.5. The van der Waals surface area contributed by atoms with Crippen molar-refractivity contribution in [3.63, 3.8) is 0 Å². The van der Waals surface area contributed by atoms with Gasteiger partial charge >= 0.3 is 0 Å². The first kappa shape index (κ1) is 20.9. The molecule has 2 aromatic rings. The Morgan fingerprint density at radius 1 is 1.31 bits per heavy atom. The number of allylic oxidation sites excluding steroid dienone is 3. The summed E-state index contributed by atoms with van der Waals surface area (Å²) < 4.78 is 5.22. The van der Waals surface area contributed by atoms with E-state index in [0.717, 1.165) is 30.5 Å². The van der Waals surface area contributed by atoms with Gasteiger partial charge in [-0.15, -0.1) is 0 Å². The van der Waals surface area contributed by atoms with Crippen molar-refractivity contribution in [2.45, 2.75) is 31.7 Å². The van der Waals surface area contributed by atoms with E-state index in [0.29, 0.717) is 17.2 Å². The van der Waals surface area contributed by atoms with Crippen molar-refractivity contribution in [3.8, 4) is 11.5 Å². The molecule has 3 N–H and O–H groups in total. The average Bonchev–Trinajstić information content (AvgIpc) is 2.67. The van der Waals surface area contributed by atoms with E-state index in [-0.39, 0.29) is 29.3 Å². The molecule has 5 nitrogen and oxygen atoms in total. The van der Waals surface area contributed by atoms with Crippen LogP contribution in [0.2, 0.25) is 0 Å². The van der Waals surface area contributed by atoms with Gasteiger partial charge in [-0.1, -0.05) is 24.3 Å². The lowest BCUT2D eigenvalue weighted by atomic mass is 9.66. The molecule has 4 rings (SSSR count). The van der Waals surface area contributed by atoms with Crippen molar-refractivity contribution in [2.75, 3.05) is 7.11 Å². The minimum Gasteiger partial charge on any atom is -1.00 e. The van der Waals surface area contributed by atoms with Crippen molar-refractivity contribution < 1.29 is 27.2 Å². The summed E-state index contributed by atoms with van der Waals surface area (Å²) >= 11 is 0. The maximum atomic E-state index is 11.9. The number of hydrogen-bond acceptors (Lipinski definition) is 3. The Labute approximate surface area is 176 Å². The first-order valence-electron chi connectivity index (χ1n) is 9.57. The van der Waals surface area contributed by atoms with E-state index in [2.05, 4.69) is 28.2 Å². The van der Waals surface area contributed by atoms with Crippen LogP contribution in [0.4, 0.5) is 0 Å². The Hall–Kier alpha value is -2.79. The van der Waals surface area contributed by atoms with Gasteiger partial charge in [0.05, 0.1) is 12.7 Å². The number of H-pyrrole nitrogens is 1. The Morgan fingerprint density at radius 2 is 2.14 bits per heavy atom. The van der Waals surface area contributed by atoms with Crippen LogP contribution in [-0.2, 0) is 12.0 Å². The zero-order valence-corrected chi connectivity index (χ0v) is 17.3. The average molecular weight is 413 g/mol. The second kappa shape index (κ2) is 8.29. The molecule has 0 spiro atoms. The Morgan fingerprint density at radius 3 is 2.90 bits per heavy atom. The third-order valence-corrected chi connectivity index (χ3v) is 5.68. The lowest BCUT2D eigenvalue weighted by Gasteiger charge is -2.38. The normalized spacial score (nSPS) is 22.8. The molecule has 6 heteroatoms. The third-order valence-electron chi connectivity index (χ3n) is 5.68. The second-order valence-electron chi connectivity index (χ2n) is 7.57. The molecule has 2 bridgehead atoms. The molecule has 1 aromatic heterocycles. The number of benzene rings is 1. The number of aromatic nitrogens is 1. The zero-order chi connectivity index (χ0) is 19.7. The van der Waals surface area contributed by atoms with Gasteiger partial charge < -0.3 is 27.2 Å². The number of ether oxygens (including phenoxy) is 1. The smallest absolute Gasteiger partial charge is 0.248 e. The fourth-order valence-electron chi connectivity index (χ4n) is 4.57. The quantitative estimate of drug-likeness (QED) is 0.561. The van der Waals surface area contributed by atoms with E-state index >= 15 is 0 Å². The van der Waals surface area contributed by atoms with E-state index in [1.807, 2.05) is 31.3 Å². The van der Waals surface area contributed by atoms with Gasteiger partial charge in [-0.2, -0.15) is 0 Å². The van der Waals surface area contributed by atoms with Gasteiger partial charge in [-0.3, -0.25) is 4.79 Å². The molecular formula is C23H25ClN2O3. The Balaban J connectivity index is 0.00000240. The van der Waals surface area contributed by atoms with Gasteiger partial charge in [0.1, 0.15) is 0 Å². The summed E-state index contributed by atoms with van der Waals surface area (Å²) in [5.74, 6) is 0.908. The van der Waals surface area contributed by atoms with E-state index in [9.17, 15) is 9.90 Å². The molecule has 2 atom stereocenters. The van der Waals surface area contributed by atoms with Crippen molar-refractivity contribution >= 4 is 6.21 Å². The minimum absolute atomic E-state index is 0. The number of pyridine rings is 1. The maximum absolute atomic E-state index is 11.9. The van der Waals surface area contributed by atoms with Crippen LogP contribution >= 0.6 is 0 Å². The number of phenolic OH excluding ortho intramolecular Hbond substituents is 1. The minimum atomic E-state index is -0.332. The first-order valence-corrected chi connectivity index (χ1v) is 9.57. The van der Waals surface area contributed by atoms with Crippen molar-refractivity contribution in [1.82, 2.24) is 4.98 Å². The SMILES string of the molecule is CC=CC1=C[C@@H]2Cc3[nH]c(=O)ccc3[C@]([NH+]=Cc3cccc(OC)c3O)(C1)C2.[Cl-]. The lowest BCUT2D eigenvalue weighted by molar-refractivity contribution is -0.564. The van der Waals surface area contributed by atoms with Crippen LogP contribution in [0.25, 0.3) is 0 Å². The van der Waals surface area contributed by atoms with Crippen LogP contribution in [0.5, 0.6) is 11.5 Å². The largest absolute Gasteiger partial charge is 1.00 e. The summed E-state index contributed by atoms with van der Waals surface area (Å²) in [4.78, 5) is 18.5. The number of halogens is 1. The van der Waals surface area contributed by atoms with Gasteiger partial charge in [-0.05, 0) is 43.0 Å². The molecular weight excluding hydrogens is 388 g/mol. The summed E-state index contributed by atoms with van der Waals surface area (Å²) in [6.07, 6.45) is 11.0. The number of aromatic hydroxyl groups is 1. The van der Waals surface area contributed by atoms with Crippen LogP contribution < -0.4 is 27.7 Å². The fraction of sp³-hybridized carbons (Fsp3) is 0.304. The molecule has 0 saturated heterocycles. The number of methoxy groups -OCH3 is 1. The fourth-order valence-corrected chi connectivity index (χ4v) is 4.57. The predicted molar refractivity (Wildman–Crippen MR) is 109 cm³/mol. The molecule has 2 aliphatic carbocycles. The Bertz CT molecular complexity index is 1050. The number of para-hydroxylation sites is 1. The van der Waals surface area contributed by atoms with E-state index in [1.165, 1.54) is 5.57 Å². The van der Waals surface area contributed by atoms with Gasteiger partial charge in [0.2, 0.25) is 5.56 Å². The highest BCUT2D eigenvalue weighted by Crippen LogP contribution is 2.43. The molecule has 0 unspecified atom stereocenters. The number of rotatable bonds is 4. The molecule has 0 fully saturated rings. The van der Waals surface area contributed by atoms with Crippen molar-refractivity contribution in [3.05, 3.63) is 81.3 Å². The lowest BCUT2D eigenvalue weighted by Crippen LogP contribution is -3.00. The van der Waals surface area contributed by atoms with Crippen molar-refractivity contribution in [1.29, 1.82) is 0 Å². The monoisotopic (exact) mass is 412 g/mol. The van der Waals surface area contributed by atoms with Gasteiger partial charge in [0.15, 0.2) is 23.3 Å². The molecule has 1 heterocycles. The number of aromatic amines is 1. The molecule has 0 aliphatic heterocycles. The molecule has 0 saturated carbocycles. The van der Waals surface area contributed by atoms with E-state index < -0.39 is 0 Å². The molecule has 0 radical (unpaired) electrons. The molecule has 0 amide bonds. The molecule has 1 aromatic carbocycles. The van der Waals surface area contributed by atoms with Crippen LogP contribution in [0, 0.1) is 5.92 Å². The third kappa shape index (κ3) is 3.87. The highest BCUT2D eigenvalue weighted by Gasteiger charge is 2.47. The van der Waals surface area contributed by atoms with Crippen LogP contribution in [0.1, 0.15) is 36.6 Å². The number of phenols is 1. The van der Waals surface area contributed by atoms with Gasteiger partial charge in [0.25, 0.3) is 0 Å². The first-order chi connectivity index (χ1) is 13.5. The summed E-state index contributed by atoms with van der Waals surface area (Å²) in [6, 6.07) is 8.97. The van der Waals surface area contributed by atoms with Crippen LogP contribution in [0.15, 0.2) is 58.9 Å². The summed E-state index contributed by atoms with van der Waals surface area (Å²) in [5.41, 5.74) is 3.67. The highest BCUT2D eigenvalue weighted by molar-refractivity contribution is 5.81. The molecule has 29 heavy (non-hydrogen) atoms. The topological polar surface area (TPSA) is 76.3 Å². The van der Waals surface area contributed by atoms with E-state index in [4.69, 9.17) is 4.74 Å². The summed E-state index contributed by atoms with van der Waals surface area (Å²) in [7, 11) is 1.54. The van der Waals surface area contributed by atoms with Crippen LogP contribution in [-0.4, -0.2) is 23.4 Å².